The van der Waals surface area contributed by atoms with Crippen molar-refractivity contribution < 1.29 is 4.79 Å². The first-order valence-electron chi connectivity index (χ1n) is 8.87. The monoisotopic (exact) mass is 348 g/mol. The Kier molecular flexibility index (Phi) is 3.58. The summed E-state index contributed by atoms with van der Waals surface area (Å²) >= 11 is 0. The van der Waals surface area contributed by atoms with Crippen molar-refractivity contribution in [2.24, 2.45) is 0 Å². The first-order valence-corrected chi connectivity index (χ1v) is 8.87. The summed E-state index contributed by atoms with van der Waals surface area (Å²) in [7, 11) is 0. The van der Waals surface area contributed by atoms with Crippen LogP contribution in [-0.4, -0.2) is 10.9 Å². The molecule has 0 atom stereocenters. The van der Waals surface area contributed by atoms with E-state index in [1.807, 2.05) is 54.6 Å². The molecule has 0 unspecified atom stereocenters. The maximum atomic E-state index is 13.5. The number of benzene rings is 3. The molecule has 0 fully saturated rings. The van der Waals surface area contributed by atoms with Gasteiger partial charge in [0.15, 0.2) is 0 Å². The van der Waals surface area contributed by atoms with Crippen LogP contribution >= 0.6 is 0 Å². The van der Waals surface area contributed by atoms with Crippen molar-refractivity contribution >= 4 is 34.1 Å². The van der Waals surface area contributed by atoms with Gasteiger partial charge in [0.05, 0.1) is 11.4 Å². The molecule has 0 saturated heterocycles. The number of carbonyl (C=O) groups excluding carboxylic acids is 1. The number of pyridine rings is 1. The maximum Gasteiger partial charge on any atom is 0.281 e. The van der Waals surface area contributed by atoms with E-state index in [9.17, 15) is 4.79 Å². The average Bonchev–Trinajstić information content (AvgIpc) is 2.75. The van der Waals surface area contributed by atoms with E-state index in [2.05, 4.69) is 35.3 Å². The summed E-state index contributed by atoms with van der Waals surface area (Å²) in [5, 5.41) is 2.20. The molecule has 27 heavy (non-hydrogen) atoms. The van der Waals surface area contributed by atoms with Crippen LogP contribution in [0.5, 0.6) is 0 Å². The van der Waals surface area contributed by atoms with Crippen molar-refractivity contribution in [2.45, 2.75) is 0 Å². The third kappa shape index (κ3) is 2.52. The van der Waals surface area contributed by atoms with Crippen LogP contribution < -0.4 is 4.90 Å². The van der Waals surface area contributed by atoms with Crippen LogP contribution in [0.25, 0.3) is 22.5 Å². The molecule has 4 aromatic rings. The van der Waals surface area contributed by atoms with E-state index in [1.54, 1.807) is 17.2 Å². The highest BCUT2D eigenvalue weighted by molar-refractivity contribution is 6.23. The minimum atomic E-state index is -0.132. The Morgan fingerprint density at radius 2 is 1.56 bits per heavy atom. The van der Waals surface area contributed by atoms with Gasteiger partial charge in [0.25, 0.3) is 5.91 Å². The van der Waals surface area contributed by atoms with Crippen molar-refractivity contribution in [3.63, 3.8) is 0 Å². The zero-order chi connectivity index (χ0) is 18.2. The normalized spacial score (nSPS) is 12.7. The third-order valence-corrected chi connectivity index (χ3v) is 4.85. The minimum absolute atomic E-state index is 0.132. The summed E-state index contributed by atoms with van der Waals surface area (Å²) in [6.45, 7) is 0. The smallest absolute Gasteiger partial charge is 0.274 e. The predicted octanol–water partition coefficient (Wildman–Crippen LogP) is 5.39. The van der Waals surface area contributed by atoms with E-state index in [0.717, 1.165) is 33.3 Å². The molecule has 0 N–H and O–H groups in total. The van der Waals surface area contributed by atoms with Gasteiger partial charge in [-0.15, -0.1) is 0 Å². The van der Waals surface area contributed by atoms with Gasteiger partial charge in [-0.3, -0.25) is 14.7 Å². The van der Waals surface area contributed by atoms with E-state index in [-0.39, 0.29) is 5.91 Å². The Bertz CT molecular complexity index is 1180. The number of aromatic nitrogens is 1. The summed E-state index contributed by atoms with van der Waals surface area (Å²) in [6.07, 6.45) is 3.74. The summed E-state index contributed by atoms with van der Waals surface area (Å²) in [5.74, 6) is -0.132. The molecule has 0 spiro atoms. The zero-order valence-electron chi connectivity index (χ0n) is 14.5. The van der Waals surface area contributed by atoms with Gasteiger partial charge >= 0.3 is 0 Å². The van der Waals surface area contributed by atoms with E-state index in [4.69, 9.17) is 0 Å². The molecule has 3 nitrogen and oxygen atoms in total. The lowest BCUT2D eigenvalue weighted by Gasteiger charge is -2.31. The fraction of sp³-hybridized carbons (Fsp3) is 0. The molecule has 1 aliphatic heterocycles. The summed E-state index contributed by atoms with van der Waals surface area (Å²) in [6, 6.07) is 27.7. The van der Waals surface area contributed by atoms with Crippen LogP contribution in [0, 0.1) is 0 Å². The Labute approximate surface area is 157 Å². The summed E-state index contributed by atoms with van der Waals surface area (Å²) in [4.78, 5) is 19.5. The number of rotatable bonds is 2. The molecule has 128 valence electrons. The molecule has 0 aliphatic carbocycles. The van der Waals surface area contributed by atoms with Crippen LogP contribution in [0.1, 0.15) is 21.6 Å². The van der Waals surface area contributed by atoms with Crippen LogP contribution in [0.2, 0.25) is 0 Å². The number of nitrogens with zero attached hydrogens (tertiary/aromatic N) is 2. The van der Waals surface area contributed by atoms with Crippen LogP contribution in [0.4, 0.5) is 5.69 Å². The number of anilines is 1. The average molecular weight is 348 g/mol. The molecule has 0 radical (unpaired) electrons. The molecule has 1 amide bonds. The largest absolute Gasteiger partial charge is 0.281 e. The van der Waals surface area contributed by atoms with Crippen molar-refractivity contribution in [1.82, 2.24) is 4.98 Å². The molecule has 0 bridgehead atoms. The topological polar surface area (TPSA) is 33.2 Å². The predicted molar refractivity (Wildman–Crippen MR) is 109 cm³/mol. The minimum Gasteiger partial charge on any atom is -0.274 e. The second kappa shape index (κ2) is 6.22. The number of carbonyl (C=O) groups is 1. The number of hydrogen-bond acceptors (Lipinski definition) is 2. The fourth-order valence-corrected chi connectivity index (χ4v) is 3.64. The highest BCUT2D eigenvalue weighted by Crippen LogP contribution is 2.41. The first kappa shape index (κ1) is 15.5. The highest BCUT2D eigenvalue weighted by Gasteiger charge is 2.28. The fourth-order valence-electron chi connectivity index (χ4n) is 3.64. The van der Waals surface area contributed by atoms with Gasteiger partial charge in [-0.05, 0) is 40.8 Å². The lowest BCUT2D eigenvalue weighted by Crippen LogP contribution is -2.31. The van der Waals surface area contributed by atoms with Crippen LogP contribution in [0.3, 0.4) is 0 Å². The van der Waals surface area contributed by atoms with Crippen molar-refractivity contribution in [1.29, 1.82) is 0 Å². The van der Waals surface area contributed by atoms with Crippen molar-refractivity contribution in [2.75, 3.05) is 4.90 Å². The standard InChI is InChI=1S/C24H16N2O/c27-24(20-13-4-5-15-25-20)26-21-14-7-11-18-10-6-12-19(23(18)21)16-22(26)17-8-2-1-3-9-17/h1-16H. The number of amides is 1. The van der Waals surface area contributed by atoms with Crippen LogP contribution in [0.15, 0.2) is 91.1 Å². The Hall–Kier alpha value is -3.72. The van der Waals surface area contributed by atoms with E-state index in [0.29, 0.717) is 5.69 Å². The van der Waals surface area contributed by atoms with Gasteiger partial charge in [0.1, 0.15) is 5.69 Å². The second-order valence-corrected chi connectivity index (χ2v) is 6.47. The van der Waals surface area contributed by atoms with Crippen molar-refractivity contribution in [3.05, 3.63) is 108 Å². The van der Waals surface area contributed by atoms with Gasteiger partial charge in [0, 0.05) is 11.6 Å². The lowest BCUT2D eigenvalue weighted by atomic mass is 9.95. The highest BCUT2D eigenvalue weighted by atomic mass is 16.2. The van der Waals surface area contributed by atoms with Gasteiger partial charge < -0.3 is 0 Å². The SMILES string of the molecule is O=C(c1ccccn1)N1C(c2ccccc2)=Cc2cccc3cccc1c23. The molecule has 0 saturated carbocycles. The number of hydrogen-bond donors (Lipinski definition) is 0. The Balaban J connectivity index is 1.79. The Morgan fingerprint density at radius 3 is 2.33 bits per heavy atom. The van der Waals surface area contributed by atoms with Crippen molar-refractivity contribution in [3.8, 4) is 0 Å². The molecule has 2 heterocycles. The molecule has 5 rings (SSSR count). The van der Waals surface area contributed by atoms with Gasteiger partial charge in [-0.1, -0.05) is 66.7 Å². The van der Waals surface area contributed by atoms with E-state index >= 15 is 0 Å². The van der Waals surface area contributed by atoms with E-state index < -0.39 is 0 Å². The van der Waals surface area contributed by atoms with Gasteiger partial charge in [-0.2, -0.15) is 0 Å². The molecule has 3 aromatic carbocycles. The second-order valence-electron chi connectivity index (χ2n) is 6.47. The molecule has 1 aromatic heterocycles. The maximum absolute atomic E-state index is 13.5. The molecule has 1 aliphatic rings. The molecular weight excluding hydrogens is 332 g/mol. The zero-order valence-corrected chi connectivity index (χ0v) is 14.5. The third-order valence-electron chi connectivity index (χ3n) is 4.85. The first-order chi connectivity index (χ1) is 13.3. The van der Waals surface area contributed by atoms with Crippen LogP contribution in [-0.2, 0) is 0 Å². The molecule has 3 heteroatoms. The quantitative estimate of drug-likeness (QED) is 0.486. The summed E-state index contributed by atoms with van der Waals surface area (Å²) < 4.78 is 0. The lowest BCUT2D eigenvalue weighted by molar-refractivity contribution is 0.0995. The van der Waals surface area contributed by atoms with E-state index in [1.165, 1.54) is 0 Å². The van der Waals surface area contributed by atoms with Gasteiger partial charge in [0.2, 0.25) is 0 Å². The summed E-state index contributed by atoms with van der Waals surface area (Å²) in [5.41, 5.74) is 4.29. The Morgan fingerprint density at radius 1 is 0.778 bits per heavy atom. The van der Waals surface area contributed by atoms with Gasteiger partial charge in [-0.25, -0.2) is 0 Å². The molecular formula is C24H16N2O.